The fraction of sp³-hybridized carbons (Fsp3) is 0.0833. The number of azo groups is 1. The fourth-order valence-corrected chi connectivity index (χ4v) is 3.28. The van der Waals surface area contributed by atoms with Crippen LogP contribution >= 0.6 is 0 Å². The molecule has 160 valence electrons. The molecule has 0 unspecified atom stereocenters. The molecule has 4 aromatic rings. The van der Waals surface area contributed by atoms with E-state index < -0.39 is 6.03 Å². The number of aromatic hydroxyl groups is 1. The van der Waals surface area contributed by atoms with Crippen LogP contribution in [-0.2, 0) is 11.3 Å². The highest BCUT2D eigenvalue weighted by atomic mass is 16.3. The molecule has 8 nitrogen and oxygen atoms in total. The number of aryl methyl sites for hydroxylation is 1. The van der Waals surface area contributed by atoms with E-state index in [1.807, 2.05) is 37.3 Å². The summed E-state index contributed by atoms with van der Waals surface area (Å²) in [4.78, 5) is 24.7. The van der Waals surface area contributed by atoms with Gasteiger partial charge in [-0.3, -0.25) is 4.79 Å². The van der Waals surface area contributed by atoms with E-state index in [0.29, 0.717) is 22.3 Å². The first-order chi connectivity index (χ1) is 15.5. The number of urea groups is 1. The van der Waals surface area contributed by atoms with Crippen LogP contribution in [-0.4, -0.2) is 21.6 Å². The van der Waals surface area contributed by atoms with Crippen LogP contribution in [0.5, 0.6) is 5.88 Å². The standard InChI is InChI=1S/C24H21N5O3/c1-16-11-13-18(14-12-16)25-21(30)15-29-20-10-6-5-9-19(20)22(23(29)31)27-28-24(32)26-17-7-3-2-4-8-17/h2-14,31H,15H2,1H3,(H,25,30)(H,26,32). The van der Waals surface area contributed by atoms with Crippen LogP contribution in [0.4, 0.5) is 21.9 Å². The largest absolute Gasteiger partial charge is 0.493 e. The van der Waals surface area contributed by atoms with E-state index in [1.165, 1.54) is 4.57 Å². The maximum Gasteiger partial charge on any atom is 0.364 e. The van der Waals surface area contributed by atoms with Crippen molar-refractivity contribution in [3.63, 3.8) is 0 Å². The number of rotatable bonds is 5. The number of anilines is 2. The molecule has 0 saturated heterocycles. The van der Waals surface area contributed by atoms with Crippen LogP contribution in [0, 0.1) is 6.92 Å². The lowest BCUT2D eigenvalue weighted by Crippen LogP contribution is -2.18. The second-order valence-electron chi connectivity index (χ2n) is 7.19. The molecule has 0 aliphatic rings. The monoisotopic (exact) mass is 427 g/mol. The van der Waals surface area contributed by atoms with Gasteiger partial charge in [0, 0.05) is 16.8 Å². The van der Waals surface area contributed by atoms with Crippen molar-refractivity contribution in [1.82, 2.24) is 4.57 Å². The van der Waals surface area contributed by atoms with Gasteiger partial charge in [0.25, 0.3) is 0 Å². The molecule has 0 aliphatic heterocycles. The highest BCUT2D eigenvalue weighted by Gasteiger charge is 2.19. The highest BCUT2D eigenvalue weighted by molar-refractivity contribution is 5.98. The van der Waals surface area contributed by atoms with E-state index in [2.05, 4.69) is 20.9 Å². The van der Waals surface area contributed by atoms with E-state index in [9.17, 15) is 14.7 Å². The van der Waals surface area contributed by atoms with Crippen LogP contribution in [0.25, 0.3) is 10.9 Å². The summed E-state index contributed by atoms with van der Waals surface area (Å²) in [5.41, 5.74) is 3.04. The van der Waals surface area contributed by atoms with Crippen LogP contribution in [0.2, 0.25) is 0 Å². The Balaban J connectivity index is 1.56. The van der Waals surface area contributed by atoms with Gasteiger partial charge in [0.1, 0.15) is 6.54 Å². The number of hydrogen-bond acceptors (Lipinski definition) is 4. The highest BCUT2D eigenvalue weighted by Crippen LogP contribution is 2.38. The third-order valence-corrected chi connectivity index (χ3v) is 4.82. The molecule has 4 rings (SSSR count). The molecule has 0 bridgehead atoms. The normalized spacial score (nSPS) is 11.0. The SMILES string of the molecule is Cc1ccc(NC(=O)Cn2c(O)c(N=NC(=O)Nc3ccccc3)c3ccccc32)cc1. The smallest absolute Gasteiger partial charge is 0.364 e. The molecular weight excluding hydrogens is 406 g/mol. The Morgan fingerprint density at radius 2 is 1.53 bits per heavy atom. The van der Waals surface area contributed by atoms with E-state index in [1.54, 1.807) is 48.5 Å². The first kappa shape index (κ1) is 20.8. The Bertz CT molecular complexity index is 1290. The quantitative estimate of drug-likeness (QED) is 0.360. The van der Waals surface area contributed by atoms with Crippen molar-refractivity contribution in [3.8, 4) is 5.88 Å². The number of carbonyl (C=O) groups excluding carboxylic acids is 2. The number of para-hydroxylation sites is 2. The number of carbonyl (C=O) groups is 2. The molecule has 1 aromatic heterocycles. The molecule has 0 fully saturated rings. The summed E-state index contributed by atoms with van der Waals surface area (Å²) >= 11 is 0. The summed E-state index contributed by atoms with van der Waals surface area (Å²) in [6.45, 7) is 1.83. The summed E-state index contributed by atoms with van der Waals surface area (Å²) in [7, 11) is 0. The Kier molecular flexibility index (Phi) is 5.94. The van der Waals surface area contributed by atoms with Crippen LogP contribution in [0.1, 0.15) is 5.56 Å². The summed E-state index contributed by atoms with van der Waals surface area (Å²) < 4.78 is 1.43. The van der Waals surface area contributed by atoms with E-state index in [-0.39, 0.29) is 24.0 Å². The first-order valence-electron chi connectivity index (χ1n) is 9.96. The molecular formula is C24H21N5O3. The van der Waals surface area contributed by atoms with Crippen LogP contribution in [0.3, 0.4) is 0 Å². The minimum atomic E-state index is -0.676. The molecule has 0 atom stereocenters. The van der Waals surface area contributed by atoms with Gasteiger partial charge in [-0.2, -0.15) is 0 Å². The molecule has 1 heterocycles. The lowest BCUT2D eigenvalue weighted by molar-refractivity contribution is -0.116. The Hall–Kier alpha value is -4.46. The minimum Gasteiger partial charge on any atom is -0.493 e. The topological polar surface area (TPSA) is 108 Å². The molecule has 0 aliphatic carbocycles. The molecule has 0 radical (unpaired) electrons. The second-order valence-corrected chi connectivity index (χ2v) is 7.19. The third-order valence-electron chi connectivity index (χ3n) is 4.82. The second kappa shape index (κ2) is 9.13. The minimum absolute atomic E-state index is 0.118. The van der Waals surface area contributed by atoms with Gasteiger partial charge < -0.3 is 20.3 Å². The summed E-state index contributed by atoms with van der Waals surface area (Å²) in [5, 5.41) is 24.4. The van der Waals surface area contributed by atoms with Gasteiger partial charge in [0.15, 0.2) is 5.69 Å². The van der Waals surface area contributed by atoms with Crippen molar-refractivity contribution in [2.24, 2.45) is 10.2 Å². The van der Waals surface area contributed by atoms with Crippen molar-refractivity contribution < 1.29 is 14.7 Å². The van der Waals surface area contributed by atoms with E-state index >= 15 is 0 Å². The zero-order valence-corrected chi connectivity index (χ0v) is 17.3. The number of nitrogens with one attached hydrogen (secondary N) is 2. The van der Waals surface area contributed by atoms with Crippen molar-refractivity contribution in [2.75, 3.05) is 10.6 Å². The molecule has 3 aromatic carbocycles. The van der Waals surface area contributed by atoms with Gasteiger partial charge in [-0.25, -0.2) is 4.79 Å². The van der Waals surface area contributed by atoms with Gasteiger partial charge in [-0.15, -0.1) is 5.11 Å². The van der Waals surface area contributed by atoms with Crippen LogP contribution in [0.15, 0.2) is 89.1 Å². The molecule has 3 N–H and O–H groups in total. The summed E-state index contributed by atoms with van der Waals surface area (Å²) in [6, 6.07) is 22.7. The molecule has 32 heavy (non-hydrogen) atoms. The number of benzene rings is 3. The van der Waals surface area contributed by atoms with Crippen molar-refractivity contribution in [2.45, 2.75) is 13.5 Å². The van der Waals surface area contributed by atoms with Crippen molar-refractivity contribution >= 4 is 39.9 Å². The van der Waals surface area contributed by atoms with E-state index in [0.717, 1.165) is 5.56 Å². The number of aromatic nitrogens is 1. The van der Waals surface area contributed by atoms with Gasteiger partial charge in [0.05, 0.1) is 5.52 Å². The van der Waals surface area contributed by atoms with Crippen LogP contribution < -0.4 is 10.6 Å². The maximum absolute atomic E-state index is 12.6. The molecule has 3 amide bonds. The first-order valence-corrected chi connectivity index (χ1v) is 9.96. The Morgan fingerprint density at radius 3 is 2.28 bits per heavy atom. The van der Waals surface area contributed by atoms with Gasteiger partial charge in [-0.1, -0.05) is 59.2 Å². The predicted octanol–water partition coefficient (Wildman–Crippen LogP) is 5.61. The maximum atomic E-state index is 12.6. The predicted molar refractivity (Wildman–Crippen MR) is 123 cm³/mol. The number of amides is 3. The zero-order chi connectivity index (χ0) is 22.5. The average molecular weight is 427 g/mol. The number of hydrogen-bond donors (Lipinski definition) is 3. The fourth-order valence-electron chi connectivity index (χ4n) is 3.28. The lowest BCUT2D eigenvalue weighted by Gasteiger charge is -2.08. The summed E-state index contributed by atoms with van der Waals surface area (Å²) in [5.74, 6) is -0.559. The van der Waals surface area contributed by atoms with Gasteiger partial charge in [0.2, 0.25) is 11.8 Å². The Morgan fingerprint density at radius 1 is 0.875 bits per heavy atom. The number of fused-ring (bicyclic) bond motifs is 1. The van der Waals surface area contributed by atoms with Gasteiger partial charge >= 0.3 is 6.03 Å². The van der Waals surface area contributed by atoms with Crippen molar-refractivity contribution in [1.29, 1.82) is 0 Å². The Labute approximate surface area is 184 Å². The van der Waals surface area contributed by atoms with E-state index in [4.69, 9.17) is 0 Å². The average Bonchev–Trinajstić information content (AvgIpc) is 3.05. The zero-order valence-electron chi connectivity index (χ0n) is 17.3. The third kappa shape index (κ3) is 4.65. The van der Waals surface area contributed by atoms with Crippen molar-refractivity contribution in [3.05, 3.63) is 84.4 Å². The van der Waals surface area contributed by atoms with Gasteiger partial charge in [-0.05, 0) is 37.3 Å². The molecule has 8 heteroatoms. The number of nitrogens with zero attached hydrogens (tertiary/aromatic N) is 3. The lowest BCUT2D eigenvalue weighted by atomic mass is 10.2. The molecule has 0 spiro atoms. The summed E-state index contributed by atoms with van der Waals surface area (Å²) in [6.07, 6.45) is 0. The molecule has 0 saturated carbocycles.